The number of hydrogen-bond acceptors (Lipinski definition) is 1. The van der Waals surface area contributed by atoms with Gasteiger partial charge < -0.3 is 4.74 Å². The summed E-state index contributed by atoms with van der Waals surface area (Å²) in [4.78, 5) is 0. The van der Waals surface area contributed by atoms with Gasteiger partial charge in [-0.05, 0) is 43.4 Å². The van der Waals surface area contributed by atoms with Crippen LogP contribution < -0.4 is 0 Å². The SMILES string of the molecule is CC1CC(C2OC2C)C2C=CCC12. The summed E-state index contributed by atoms with van der Waals surface area (Å²) in [6.07, 6.45) is 8.70. The lowest BCUT2D eigenvalue weighted by molar-refractivity contribution is 0.285. The summed E-state index contributed by atoms with van der Waals surface area (Å²) in [5.41, 5.74) is 0. The van der Waals surface area contributed by atoms with Crippen molar-refractivity contribution < 1.29 is 4.74 Å². The Morgan fingerprint density at radius 1 is 1.23 bits per heavy atom. The molecule has 2 aliphatic carbocycles. The number of epoxide rings is 1. The van der Waals surface area contributed by atoms with Crippen LogP contribution in [0.2, 0.25) is 0 Å². The number of allylic oxidation sites excluding steroid dienone is 2. The molecule has 6 atom stereocenters. The van der Waals surface area contributed by atoms with Gasteiger partial charge in [-0.15, -0.1) is 0 Å². The van der Waals surface area contributed by atoms with Gasteiger partial charge >= 0.3 is 0 Å². The lowest BCUT2D eigenvalue weighted by atomic mass is 9.88. The van der Waals surface area contributed by atoms with Gasteiger partial charge in [0.2, 0.25) is 0 Å². The van der Waals surface area contributed by atoms with Crippen LogP contribution in [-0.2, 0) is 4.74 Å². The monoisotopic (exact) mass is 178 g/mol. The Balaban J connectivity index is 1.79. The molecule has 0 aromatic heterocycles. The third kappa shape index (κ3) is 1.10. The summed E-state index contributed by atoms with van der Waals surface area (Å²) < 4.78 is 5.62. The maximum absolute atomic E-state index is 5.62. The molecule has 3 rings (SSSR count). The van der Waals surface area contributed by atoms with Crippen LogP contribution in [0, 0.1) is 23.7 Å². The van der Waals surface area contributed by atoms with Crippen LogP contribution in [-0.4, -0.2) is 12.2 Å². The second-order valence-corrected chi connectivity index (χ2v) is 5.09. The summed E-state index contributed by atoms with van der Waals surface area (Å²) in [5, 5.41) is 0. The van der Waals surface area contributed by atoms with Crippen molar-refractivity contribution in [2.75, 3.05) is 0 Å². The molecule has 0 bridgehead atoms. The number of rotatable bonds is 1. The van der Waals surface area contributed by atoms with E-state index >= 15 is 0 Å². The Morgan fingerprint density at radius 3 is 2.69 bits per heavy atom. The predicted molar refractivity (Wildman–Crippen MR) is 52.3 cm³/mol. The molecule has 3 aliphatic rings. The van der Waals surface area contributed by atoms with Crippen molar-refractivity contribution in [1.82, 2.24) is 0 Å². The Labute approximate surface area is 80.2 Å². The summed E-state index contributed by atoms with van der Waals surface area (Å²) in [5.74, 6) is 3.56. The van der Waals surface area contributed by atoms with Crippen molar-refractivity contribution in [2.24, 2.45) is 23.7 Å². The van der Waals surface area contributed by atoms with E-state index in [1.54, 1.807) is 0 Å². The third-order valence-corrected chi connectivity index (χ3v) is 4.31. The fourth-order valence-electron chi connectivity index (χ4n) is 3.53. The molecule has 0 N–H and O–H groups in total. The molecule has 1 aliphatic heterocycles. The van der Waals surface area contributed by atoms with Crippen LogP contribution in [0.5, 0.6) is 0 Å². The quantitative estimate of drug-likeness (QED) is 0.444. The van der Waals surface area contributed by atoms with Gasteiger partial charge in [-0.25, -0.2) is 0 Å². The molecule has 1 nitrogen and oxygen atoms in total. The fraction of sp³-hybridized carbons (Fsp3) is 0.833. The summed E-state index contributed by atoms with van der Waals surface area (Å²) in [7, 11) is 0. The van der Waals surface area contributed by atoms with E-state index in [0.29, 0.717) is 12.2 Å². The van der Waals surface area contributed by atoms with Gasteiger partial charge in [0.25, 0.3) is 0 Å². The molecule has 1 saturated carbocycles. The molecular formula is C12H18O. The van der Waals surface area contributed by atoms with E-state index in [9.17, 15) is 0 Å². The highest BCUT2D eigenvalue weighted by Gasteiger charge is 2.51. The van der Waals surface area contributed by atoms with Crippen LogP contribution in [0.15, 0.2) is 12.2 Å². The van der Waals surface area contributed by atoms with Gasteiger partial charge in [-0.1, -0.05) is 19.1 Å². The molecule has 72 valence electrons. The molecule has 0 amide bonds. The molecule has 0 aromatic carbocycles. The zero-order valence-electron chi connectivity index (χ0n) is 8.44. The Kier molecular flexibility index (Phi) is 1.61. The van der Waals surface area contributed by atoms with Crippen molar-refractivity contribution in [3.8, 4) is 0 Å². The minimum absolute atomic E-state index is 0.546. The first kappa shape index (κ1) is 8.05. The number of fused-ring (bicyclic) bond motifs is 1. The normalized spacial score (nSPS) is 58.3. The van der Waals surface area contributed by atoms with Crippen LogP contribution in [0.25, 0.3) is 0 Å². The Hall–Kier alpha value is -0.300. The van der Waals surface area contributed by atoms with E-state index in [0.717, 1.165) is 23.7 Å². The van der Waals surface area contributed by atoms with Crippen LogP contribution in [0.3, 0.4) is 0 Å². The minimum atomic E-state index is 0.546. The second kappa shape index (κ2) is 2.60. The first-order valence-corrected chi connectivity index (χ1v) is 5.59. The van der Waals surface area contributed by atoms with E-state index in [-0.39, 0.29) is 0 Å². The minimum Gasteiger partial charge on any atom is -0.370 e. The average molecular weight is 178 g/mol. The summed E-state index contributed by atoms with van der Waals surface area (Å²) in [6.45, 7) is 4.62. The molecule has 1 saturated heterocycles. The van der Waals surface area contributed by atoms with E-state index < -0.39 is 0 Å². The largest absolute Gasteiger partial charge is 0.370 e. The van der Waals surface area contributed by atoms with Crippen molar-refractivity contribution in [1.29, 1.82) is 0 Å². The van der Waals surface area contributed by atoms with E-state index in [4.69, 9.17) is 4.74 Å². The second-order valence-electron chi connectivity index (χ2n) is 5.09. The fourth-order valence-corrected chi connectivity index (χ4v) is 3.53. The standard InChI is InChI=1S/C12H18O/c1-7-6-11(12-8(2)13-12)10-5-3-4-9(7)10/h3,5,7-12H,4,6H2,1-2H3. The van der Waals surface area contributed by atoms with Crippen LogP contribution in [0.4, 0.5) is 0 Å². The van der Waals surface area contributed by atoms with E-state index in [2.05, 4.69) is 26.0 Å². The van der Waals surface area contributed by atoms with Crippen molar-refractivity contribution in [3.63, 3.8) is 0 Å². The number of hydrogen-bond donors (Lipinski definition) is 0. The van der Waals surface area contributed by atoms with Crippen molar-refractivity contribution in [3.05, 3.63) is 12.2 Å². The van der Waals surface area contributed by atoms with Crippen molar-refractivity contribution >= 4 is 0 Å². The van der Waals surface area contributed by atoms with Gasteiger partial charge in [0.05, 0.1) is 12.2 Å². The molecule has 2 fully saturated rings. The van der Waals surface area contributed by atoms with Gasteiger partial charge in [0.1, 0.15) is 0 Å². The highest BCUT2D eigenvalue weighted by atomic mass is 16.6. The van der Waals surface area contributed by atoms with Crippen LogP contribution >= 0.6 is 0 Å². The third-order valence-electron chi connectivity index (χ3n) is 4.31. The molecule has 13 heavy (non-hydrogen) atoms. The Bertz CT molecular complexity index is 246. The first-order valence-electron chi connectivity index (χ1n) is 5.59. The lowest BCUT2D eigenvalue weighted by Gasteiger charge is -2.15. The predicted octanol–water partition coefficient (Wildman–Crippen LogP) is 2.62. The Morgan fingerprint density at radius 2 is 2.00 bits per heavy atom. The van der Waals surface area contributed by atoms with Gasteiger partial charge in [-0.2, -0.15) is 0 Å². The van der Waals surface area contributed by atoms with Gasteiger partial charge in [0.15, 0.2) is 0 Å². The van der Waals surface area contributed by atoms with E-state index in [1.807, 2.05) is 0 Å². The van der Waals surface area contributed by atoms with E-state index in [1.165, 1.54) is 12.8 Å². The molecule has 6 unspecified atom stereocenters. The first-order chi connectivity index (χ1) is 6.27. The summed E-state index contributed by atoms with van der Waals surface area (Å²) >= 11 is 0. The number of ether oxygens (including phenoxy) is 1. The smallest absolute Gasteiger partial charge is 0.0872 e. The molecule has 0 spiro atoms. The van der Waals surface area contributed by atoms with Gasteiger partial charge in [-0.3, -0.25) is 0 Å². The average Bonchev–Trinajstić information content (AvgIpc) is 2.60. The topological polar surface area (TPSA) is 12.5 Å². The lowest BCUT2D eigenvalue weighted by Crippen LogP contribution is -2.15. The zero-order chi connectivity index (χ0) is 9.00. The molecule has 0 radical (unpaired) electrons. The molecule has 0 aromatic rings. The highest BCUT2D eigenvalue weighted by molar-refractivity contribution is 5.12. The van der Waals surface area contributed by atoms with Crippen molar-refractivity contribution in [2.45, 2.75) is 38.9 Å². The molecular weight excluding hydrogens is 160 g/mol. The highest BCUT2D eigenvalue weighted by Crippen LogP contribution is 2.52. The maximum atomic E-state index is 5.62. The summed E-state index contributed by atoms with van der Waals surface area (Å²) in [6, 6.07) is 0. The molecule has 1 heteroatoms. The molecule has 1 heterocycles. The zero-order valence-corrected chi connectivity index (χ0v) is 8.44. The van der Waals surface area contributed by atoms with Crippen LogP contribution in [0.1, 0.15) is 26.7 Å². The maximum Gasteiger partial charge on any atom is 0.0872 e. The van der Waals surface area contributed by atoms with Gasteiger partial charge in [0, 0.05) is 0 Å².